The van der Waals surface area contributed by atoms with Crippen LogP contribution < -0.4 is 0 Å². The monoisotopic (exact) mass is 368 g/mol. The van der Waals surface area contributed by atoms with Crippen LogP contribution in [0.3, 0.4) is 0 Å². The third-order valence-electron chi connectivity index (χ3n) is 11.5. The van der Waals surface area contributed by atoms with Gasteiger partial charge in [0, 0.05) is 0 Å². The van der Waals surface area contributed by atoms with Crippen molar-refractivity contribution in [1.29, 1.82) is 0 Å². The minimum atomic E-state index is 1.11. The van der Waals surface area contributed by atoms with Crippen molar-refractivity contribution in [3.8, 4) is 0 Å². The first-order valence-corrected chi connectivity index (χ1v) is 13.3. The molecule has 6 aliphatic carbocycles. The molecule has 0 aromatic carbocycles. The summed E-state index contributed by atoms with van der Waals surface area (Å²) in [6, 6.07) is 0. The molecule has 6 aliphatic rings. The summed E-state index contributed by atoms with van der Waals surface area (Å²) in [6.45, 7) is 2.56. The second-order valence-corrected chi connectivity index (χ2v) is 12.1. The van der Waals surface area contributed by atoms with Crippen LogP contribution in [0.1, 0.15) is 103 Å². The Kier molecular flexibility index (Phi) is 4.66. The lowest BCUT2D eigenvalue weighted by Crippen LogP contribution is -2.34. The first kappa shape index (κ1) is 17.8. The van der Waals surface area contributed by atoms with E-state index in [0.29, 0.717) is 0 Å². The van der Waals surface area contributed by atoms with E-state index in [-0.39, 0.29) is 0 Å². The highest BCUT2D eigenvalue weighted by atomic mass is 14.6. The van der Waals surface area contributed by atoms with Crippen LogP contribution in [0.5, 0.6) is 0 Å². The predicted molar refractivity (Wildman–Crippen MR) is 113 cm³/mol. The smallest absolute Gasteiger partial charge is 0.0324 e. The van der Waals surface area contributed by atoms with Gasteiger partial charge in [0.2, 0.25) is 0 Å². The standard InChI is InChI=1S/C27H44/c1-2-21-23-13-5-9-18-10-6-14-24(27(18)23)25(21)16-20-15-19-11-3-7-17-8-4-12-22(20)26(17)19/h17-27H,2-16H2,1H3. The van der Waals surface area contributed by atoms with Gasteiger partial charge >= 0.3 is 0 Å². The van der Waals surface area contributed by atoms with Gasteiger partial charge < -0.3 is 0 Å². The summed E-state index contributed by atoms with van der Waals surface area (Å²) in [5, 5.41) is 0. The second-order valence-electron chi connectivity index (χ2n) is 12.1. The molecular formula is C27H44. The molecule has 6 fully saturated rings. The molecule has 11 unspecified atom stereocenters. The highest BCUT2D eigenvalue weighted by molar-refractivity contribution is 5.05. The molecule has 0 amide bonds. The lowest BCUT2D eigenvalue weighted by molar-refractivity contribution is 0.0697. The van der Waals surface area contributed by atoms with Crippen LogP contribution >= 0.6 is 0 Å². The minimum Gasteiger partial charge on any atom is -0.0651 e. The van der Waals surface area contributed by atoms with Crippen LogP contribution in [0.2, 0.25) is 0 Å². The Bertz CT molecular complexity index is 532. The van der Waals surface area contributed by atoms with Gasteiger partial charge in [0.1, 0.15) is 0 Å². The summed E-state index contributed by atoms with van der Waals surface area (Å²) in [7, 11) is 0. The molecule has 0 radical (unpaired) electrons. The average molecular weight is 369 g/mol. The van der Waals surface area contributed by atoms with E-state index in [1.165, 1.54) is 18.3 Å². The van der Waals surface area contributed by atoms with E-state index < -0.39 is 0 Å². The van der Waals surface area contributed by atoms with Gasteiger partial charge in [0.25, 0.3) is 0 Å². The zero-order valence-electron chi connectivity index (χ0n) is 18.0. The van der Waals surface area contributed by atoms with E-state index in [1.807, 2.05) is 0 Å². The minimum absolute atomic E-state index is 1.11. The van der Waals surface area contributed by atoms with E-state index in [1.54, 1.807) is 89.9 Å². The summed E-state index contributed by atoms with van der Waals surface area (Å²) in [5.41, 5.74) is 0. The number of hydrogen-bond donors (Lipinski definition) is 0. The molecule has 0 saturated heterocycles. The molecule has 0 heteroatoms. The molecule has 0 heterocycles. The van der Waals surface area contributed by atoms with Crippen molar-refractivity contribution in [3.05, 3.63) is 0 Å². The molecule has 27 heavy (non-hydrogen) atoms. The Morgan fingerprint density at radius 3 is 1.81 bits per heavy atom. The maximum atomic E-state index is 2.56. The molecular weight excluding hydrogens is 324 g/mol. The van der Waals surface area contributed by atoms with Gasteiger partial charge in [-0.1, -0.05) is 71.1 Å². The van der Waals surface area contributed by atoms with Gasteiger partial charge in [0.15, 0.2) is 0 Å². The summed E-state index contributed by atoms with van der Waals surface area (Å²) >= 11 is 0. The highest BCUT2D eigenvalue weighted by Gasteiger charge is 2.56. The van der Waals surface area contributed by atoms with Crippen LogP contribution in [0.15, 0.2) is 0 Å². The van der Waals surface area contributed by atoms with Crippen molar-refractivity contribution in [3.63, 3.8) is 0 Å². The van der Waals surface area contributed by atoms with E-state index in [2.05, 4.69) is 6.92 Å². The van der Waals surface area contributed by atoms with Crippen LogP contribution in [0.25, 0.3) is 0 Å². The quantitative estimate of drug-likeness (QED) is 0.478. The predicted octanol–water partition coefficient (Wildman–Crippen LogP) is 7.72. The van der Waals surface area contributed by atoms with E-state index in [9.17, 15) is 0 Å². The van der Waals surface area contributed by atoms with Gasteiger partial charge in [0.05, 0.1) is 0 Å². The normalized spacial score (nSPS) is 56.6. The van der Waals surface area contributed by atoms with Crippen molar-refractivity contribution < 1.29 is 0 Å². The topological polar surface area (TPSA) is 0 Å². The average Bonchev–Trinajstić information content (AvgIpc) is 3.22. The van der Waals surface area contributed by atoms with Crippen molar-refractivity contribution in [2.75, 3.05) is 0 Å². The maximum Gasteiger partial charge on any atom is -0.0324 e. The largest absolute Gasteiger partial charge is 0.0651 e. The number of rotatable bonds is 3. The zero-order chi connectivity index (χ0) is 18.0. The fourth-order valence-corrected chi connectivity index (χ4v) is 11.0. The molecule has 6 saturated carbocycles. The lowest BCUT2D eigenvalue weighted by atomic mass is 9.63. The number of hydrogen-bond acceptors (Lipinski definition) is 0. The molecule has 0 spiro atoms. The first-order valence-electron chi connectivity index (χ1n) is 13.3. The Morgan fingerprint density at radius 1 is 0.556 bits per heavy atom. The Morgan fingerprint density at radius 2 is 1.11 bits per heavy atom. The fourth-order valence-electron chi connectivity index (χ4n) is 11.0. The molecule has 0 aromatic heterocycles. The Labute approximate surface area is 168 Å². The van der Waals surface area contributed by atoms with E-state index >= 15 is 0 Å². The second kappa shape index (κ2) is 7.05. The van der Waals surface area contributed by atoms with Gasteiger partial charge in [-0.25, -0.2) is 0 Å². The molecule has 152 valence electrons. The maximum absolute atomic E-state index is 2.56. The summed E-state index contributed by atoms with van der Waals surface area (Å²) in [6.07, 6.45) is 24.0. The van der Waals surface area contributed by atoms with Crippen LogP contribution in [-0.2, 0) is 0 Å². The van der Waals surface area contributed by atoms with Gasteiger partial charge in [-0.05, 0) is 97.2 Å². The lowest BCUT2D eigenvalue weighted by Gasteiger charge is -2.43. The van der Waals surface area contributed by atoms with E-state index in [4.69, 9.17) is 0 Å². The first-order chi connectivity index (χ1) is 13.3. The van der Waals surface area contributed by atoms with Crippen molar-refractivity contribution >= 4 is 0 Å². The summed E-state index contributed by atoms with van der Waals surface area (Å²) < 4.78 is 0. The zero-order valence-corrected chi connectivity index (χ0v) is 18.0. The molecule has 11 atom stereocenters. The molecule has 0 N–H and O–H groups in total. The fraction of sp³-hybridized carbons (Fsp3) is 1.00. The van der Waals surface area contributed by atoms with Gasteiger partial charge in [-0.15, -0.1) is 0 Å². The van der Waals surface area contributed by atoms with Crippen LogP contribution in [0, 0.1) is 65.1 Å². The molecule has 0 nitrogen and oxygen atoms in total. The van der Waals surface area contributed by atoms with Crippen molar-refractivity contribution in [2.24, 2.45) is 65.1 Å². The summed E-state index contributed by atoms with van der Waals surface area (Å²) in [4.78, 5) is 0. The summed E-state index contributed by atoms with van der Waals surface area (Å²) in [5.74, 6) is 12.7. The van der Waals surface area contributed by atoms with Crippen LogP contribution in [0.4, 0.5) is 0 Å². The molecule has 0 aromatic rings. The van der Waals surface area contributed by atoms with Gasteiger partial charge in [-0.2, -0.15) is 0 Å². The van der Waals surface area contributed by atoms with Crippen molar-refractivity contribution in [2.45, 2.75) is 103 Å². The van der Waals surface area contributed by atoms with Gasteiger partial charge in [-0.3, -0.25) is 0 Å². The molecule has 6 rings (SSSR count). The highest BCUT2D eigenvalue weighted by Crippen LogP contribution is 2.64. The molecule has 0 bridgehead atoms. The third-order valence-corrected chi connectivity index (χ3v) is 11.5. The van der Waals surface area contributed by atoms with E-state index in [0.717, 1.165) is 53.3 Å². The third kappa shape index (κ3) is 2.73. The van der Waals surface area contributed by atoms with Crippen LogP contribution in [-0.4, -0.2) is 0 Å². The Balaban J connectivity index is 1.25. The molecule has 0 aliphatic heterocycles. The SMILES string of the molecule is CCC1C(CC2CC3CCCC4CCCC2C43)C2CCCC3CCCC1C32. The van der Waals surface area contributed by atoms with Crippen molar-refractivity contribution in [1.82, 2.24) is 0 Å². The Hall–Kier alpha value is 0.